The van der Waals surface area contributed by atoms with Crippen molar-refractivity contribution in [1.29, 1.82) is 0 Å². The van der Waals surface area contributed by atoms with Crippen molar-refractivity contribution in [2.24, 2.45) is 14.1 Å². The van der Waals surface area contributed by atoms with Gasteiger partial charge in [-0.15, -0.1) is 0 Å². The van der Waals surface area contributed by atoms with E-state index >= 15 is 0 Å². The Labute approximate surface area is 135 Å². The zero-order valence-electron chi connectivity index (χ0n) is 14.3. The van der Waals surface area contributed by atoms with Gasteiger partial charge >= 0.3 is 5.69 Å². The fourth-order valence-electron chi connectivity index (χ4n) is 2.06. The first-order valence-electron chi connectivity index (χ1n) is 7.03. The van der Waals surface area contributed by atoms with Crippen LogP contribution in [0.15, 0.2) is 18.5 Å². The van der Waals surface area contributed by atoms with E-state index in [-0.39, 0.29) is 17.9 Å². The second-order valence-electron chi connectivity index (χ2n) is 4.93. The summed E-state index contributed by atoms with van der Waals surface area (Å²) in [6.07, 6.45) is 2.80. The van der Waals surface area contributed by atoms with Crippen molar-refractivity contribution < 1.29 is 14.4 Å². The van der Waals surface area contributed by atoms with Crippen molar-refractivity contribution in [3.05, 3.63) is 40.0 Å². The standard InChI is InChI=1S/C7H11N3O3.C7H12N2O/c1-5(13-3)7-6(10(11)12)4-8-9(7)2;1-6(10-3)7-4-5-8-9(7)2/h4-5H,1-3H3;4-6H,1-3H3. The van der Waals surface area contributed by atoms with Gasteiger partial charge in [0.15, 0.2) is 0 Å². The zero-order valence-corrected chi connectivity index (χ0v) is 14.3. The van der Waals surface area contributed by atoms with Gasteiger partial charge in [-0.25, -0.2) is 0 Å². The van der Waals surface area contributed by atoms with Crippen LogP contribution in [-0.2, 0) is 23.6 Å². The van der Waals surface area contributed by atoms with Crippen LogP contribution in [0.5, 0.6) is 0 Å². The largest absolute Gasteiger partial charge is 0.375 e. The van der Waals surface area contributed by atoms with Gasteiger partial charge in [0.2, 0.25) is 0 Å². The second-order valence-corrected chi connectivity index (χ2v) is 4.93. The van der Waals surface area contributed by atoms with Crippen LogP contribution in [0.25, 0.3) is 0 Å². The highest BCUT2D eigenvalue weighted by atomic mass is 16.6. The van der Waals surface area contributed by atoms with E-state index in [9.17, 15) is 10.1 Å². The molecule has 9 heteroatoms. The lowest BCUT2D eigenvalue weighted by molar-refractivity contribution is -0.386. The molecule has 0 aromatic carbocycles. The summed E-state index contributed by atoms with van der Waals surface area (Å²) in [5, 5.41) is 18.4. The molecule has 0 bridgehead atoms. The maximum absolute atomic E-state index is 10.6. The number of hydrogen-bond donors (Lipinski definition) is 0. The molecule has 2 unspecified atom stereocenters. The van der Waals surface area contributed by atoms with Gasteiger partial charge in [-0.3, -0.25) is 19.5 Å². The smallest absolute Gasteiger partial charge is 0.312 e. The first kappa shape index (κ1) is 18.8. The molecule has 0 saturated carbocycles. The molecule has 2 heterocycles. The van der Waals surface area contributed by atoms with Crippen LogP contribution < -0.4 is 0 Å². The third-order valence-corrected chi connectivity index (χ3v) is 3.53. The third kappa shape index (κ3) is 4.60. The Morgan fingerprint density at radius 1 is 1.13 bits per heavy atom. The minimum atomic E-state index is -0.460. The average molecular weight is 325 g/mol. The average Bonchev–Trinajstić information content (AvgIpc) is 3.12. The van der Waals surface area contributed by atoms with E-state index < -0.39 is 4.92 Å². The Balaban J connectivity index is 0.000000238. The van der Waals surface area contributed by atoms with E-state index in [1.807, 2.05) is 24.7 Å². The van der Waals surface area contributed by atoms with Gasteiger partial charge in [0, 0.05) is 34.5 Å². The summed E-state index contributed by atoms with van der Waals surface area (Å²) in [6.45, 7) is 3.74. The maximum atomic E-state index is 10.6. The molecule has 0 radical (unpaired) electrons. The zero-order chi connectivity index (χ0) is 17.6. The van der Waals surface area contributed by atoms with Gasteiger partial charge in [-0.2, -0.15) is 10.2 Å². The molecular formula is C14H23N5O4. The summed E-state index contributed by atoms with van der Waals surface area (Å²) in [4.78, 5) is 10.1. The third-order valence-electron chi connectivity index (χ3n) is 3.53. The number of hydrogen-bond acceptors (Lipinski definition) is 6. The van der Waals surface area contributed by atoms with Gasteiger partial charge in [0.05, 0.1) is 16.7 Å². The quantitative estimate of drug-likeness (QED) is 0.617. The molecule has 0 spiro atoms. The van der Waals surface area contributed by atoms with Crippen LogP contribution in [0, 0.1) is 10.1 Å². The number of methoxy groups -OCH3 is 2. The summed E-state index contributed by atoms with van der Waals surface area (Å²) in [5.41, 5.74) is 1.58. The molecule has 0 fully saturated rings. The van der Waals surface area contributed by atoms with Crippen molar-refractivity contribution >= 4 is 5.69 Å². The Kier molecular flexibility index (Phi) is 6.86. The van der Waals surface area contributed by atoms with Crippen molar-refractivity contribution in [3.8, 4) is 0 Å². The minimum absolute atomic E-state index is 0.00292. The topological polar surface area (TPSA) is 97.2 Å². The molecule has 23 heavy (non-hydrogen) atoms. The van der Waals surface area contributed by atoms with Gasteiger partial charge in [0.1, 0.15) is 18.0 Å². The second kappa shape index (κ2) is 8.39. The van der Waals surface area contributed by atoms with Gasteiger partial charge in [-0.1, -0.05) is 0 Å². The van der Waals surface area contributed by atoms with E-state index in [2.05, 4.69) is 10.2 Å². The van der Waals surface area contributed by atoms with Crippen LogP contribution >= 0.6 is 0 Å². The van der Waals surface area contributed by atoms with Crippen LogP contribution in [0.2, 0.25) is 0 Å². The number of aryl methyl sites for hydroxylation is 2. The molecule has 0 aliphatic heterocycles. The van der Waals surface area contributed by atoms with Crippen molar-refractivity contribution in [2.45, 2.75) is 26.1 Å². The molecule has 128 valence electrons. The van der Waals surface area contributed by atoms with Crippen LogP contribution in [-0.4, -0.2) is 38.7 Å². The van der Waals surface area contributed by atoms with Gasteiger partial charge in [-0.05, 0) is 19.9 Å². The van der Waals surface area contributed by atoms with Crippen LogP contribution in [0.3, 0.4) is 0 Å². The monoisotopic (exact) mass is 325 g/mol. The van der Waals surface area contributed by atoms with E-state index in [0.29, 0.717) is 5.69 Å². The molecule has 2 aromatic rings. The lowest BCUT2D eigenvalue weighted by Crippen LogP contribution is -2.06. The fourth-order valence-corrected chi connectivity index (χ4v) is 2.06. The minimum Gasteiger partial charge on any atom is -0.375 e. The van der Waals surface area contributed by atoms with Crippen molar-refractivity contribution in [1.82, 2.24) is 19.6 Å². The number of rotatable bonds is 5. The van der Waals surface area contributed by atoms with Crippen molar-refractivity contribution in [2.75, 3.05) is 14.2 Å². The summed E-state index contributed by atoms with van der Waals surface area (Å²) in [7, 11) is 6.75. The molecule has 0 amide bonds. The molecule has 2 rings (SSSR count). The Bertz CT molecular complexity index is 637. The number of aromatic nitrogens is 4. The van der Waals surface area contributed by atoms with E-state index in [1.54, 1.807) is 27.3 Å². The fraction of sp³-hybridized carbons (Fsp3) is 0.571. The summed E-state index contributed by atoms with van der Waals surface area (Å²) in [5.74, 6) is 0. The Hall–Kier alpha value is -2.26. The van der Waals surface area contributed by atoms with Gasteiger partial charge < -0.3 is 9.47 Å². The molecule has 0 saturated heterocycles. The summed E-state index contributed by atoms with van der Waals surface area (Å²) in [6, 6.07) is 1.95. The summed E-state index contributed by atoms with van der Waals surface area (Å²) >= 11 is 0. The molecule has 2 aromatic heterocycles. The molecule has 0 aliphatic carbocycles. The highest BCUT2D eigenvalue weighted by molar-refractivity contribution is 5.34. The number of ether oxygens (including phenoxy) is 2. The van der Waals surface area contributed by atoms with Gasteiger partial charge in [0.25, 0.3) is 0 Å². The maximum Gasteiger partial charge on any atom is 0.312 e. The van der Waals surface area contributed by atoms with E-state index in [4.69, 9.17) is 9.47 Å². The SMILES string of the molecule is COC(C)c1c([N+](=O)[O-])cnn1C.COC(C)c1ccnn1C. The lowest BCUT2D eigenvalue weighted by atomic mass is 10.2. The number of nitrogens with zero attached hydrogens (tertiary/aromatic N) is 5. The van der Waals surface area contributed by atoms with Crippen molar-refractivity contribution in [3.63, 3.8) is 0 Å². The molecule has 0 N–H and O–H groups in total. The highest BCUT2D eigenvalue weighted by Crippen LogP contribution is 2.25. The van der Waals surface area contributed by atoms with Crippen LogP contribution in [0.4, 0.5) is 5.69 Å². The lowest BCUT2D eigenvalue weighted by Gasteiger charge is -2.08. The summed E-state index contributed by atoms with van der Waals surface area (Å²) < 4.78 is 13.4. The molecule has 0 aliphatic rings. The highest BCUT2D eigenvalue weighted by Gasteiger charge is 2.23. The molecule has 2 atom stereocenters. The first-order chi connectivity index (χ1) is 10.8. The molecule has 9 nitrogen and oxygen atoms in total. The Morgan fingerprint density at radius 3 is 2.17 bits per heavy atom. The predicted octanol–water partition coefficient (Wildman–Crippen LogP) is 2.16. The van der Waals surface area contributed by atoms with E-state index in [1.165, 1.54) is 18.0 Å². The van der Waals surface area contributed by atoms with Crippen LogP contribution in [0.1, 0.15) is 37.4 Å². The first-order valence-corrected chi connectivity index (χ1v) is 7.03. The van der Waals surface area contributed by atoms with E-state index in [0.717, 1.165) is 5.69 Å². The molecular weight excluding hydrogens is 302 g/mol. The number of nitro groups is 1. The predicted molar refractivity (Wildman–Crippen MR) is 83.9 cm³/mol. The normalized spacial score (nSPS) is 13.1. The Morgan fingerprint density at radius 2 is 1.74 bits per heavy atom.